The molecule has 6 heteroatoms. The number of hydrogen-bond acceptors (Lipinski definition) is 4. The fourth-order valence-electron chi connectivity index (χ4n) is 7.34. The number of phenolic OH excluding ortho intramolecular Hbond substituents is 1. The van der Waals surface area contributed by atoms with Crippen LogP contribution in [0.2, 0.25) is 0 Å². The Morgan fingerprint density at radius 1 is 1.31 bits per heavy atom. The summed E-state index contributed by atoms with van der Waals surface area (Å²) in [5, 5.41) is 21.3. The molecular weight excluding hydrogens is 436 g/mol. The predicted molar refractivity (Wildman–Crippen MR) is 135 cm³/mol. The number of aromatic hydroxyl groups is 1. The van der Waals surface area contributed by atoms with Crippen molar-refractivity contribution >= 4 is 5.91 Å². The number of amides is 1. The number of phenols is 1. The van der Waals surface area contributed by atoms with Crippen LogP contribution in [-0.2, 0) is 31.1 Å². The highest BCUT2D eigenvalue weighted by molar-refractivity contribution is 5.94. The monoisotopic (exact) mass is 470 g/mol. The second-order valence-corrected chi connectivity index (χ2v) is 10.9. The lowest BCUT2D eigenvalue weighted by Gasteiger charge is -2.49. The molecule has 3 N–H and O–H groups in total. The van der Waals surface area contributed by atoms with Crippen LogP contribution in [0, 0.1) is 11.8 Å². The number of rotatable bonds is 5. The van der Waals surface area contributed by atoms with Gasteiger partial charge in [0.2, 0.25) is 0 Å². The van der Waals surface area contributed by atoms with Crippen LogP contribution in [0.4, 0.5) is 0 Å². The van der Waals surface area contributed by atoms with Crippen molar-refractivity contribution < 1.29 is 9.90 Å². The van der Waals surface area contributed by atoms with Crippen LogP contribution in [0.5, 0.6) is 5.75 Å². The first-order valence-corrected chi connectivity index (χ1v) is 13.1. The maximum Gasteiger partial charge on any atom is 0.272 e. The van der Waals surface area contributed by atoms with Gasteiger partial charge in [-0.05, 0) is 97.1 Å². The zero-order chi connectivity index (χ0) is 24.2. The third kappa shape index (κ3) is 3.57. The number of carbonyl (C=O) groups is 1. The molecule has 35 heavy (non-hydrogen) atoms. The van der Waals surface area contributed by atoms with E-state index in [0.717, 1.165) is 61.6 Å². The number of nitrogens with zero attached hydrogens (tertiary/aromatic N) is 2. The summed E-state index contributed by atoms with van der Waals surface area (Å²) in [5.41, 5.74) is 7.89. The minimum Gasteiger partial charge on any atom is -0.508 e. The van der Waals surface area contributed by atoms with Crippen molar-refractivity contribution in [1.29, 1.82) is 0 Å². The van der Waals surface area contributed by atoms with E-state index in [1.165, 1.54) is 16.8 Å². The molecule has 4 atom stereocenters. The summed E-state index contributed by atoms with van der Waals surface area (Å²) in [7, 11) is 0. The van der Waals surface area contributed by atoms with Crippen molar-refractivity contribution in [2.45, 2.75) is 70.1 Å². The molecule has 3 aliphatic carbocycles. The van der Waals surface area contributed by atoms with Crippen molar-refractivity contribution in [3.05, 3.63) is 75.9 Å². The molecule has 1 fully saturated rings. The molecule has 3 aromatic rings. The van der Waals surface area contributed by atoms with Crippen molar-refractivity contribution in [3.8, 4) is 5.75 Å². The number of aromatic amines is 1. The molecule has 0 spiro atoms. The van der Waals surface area contributed by atoms with Crippen LogP contribution >= 0.6 is 0 Å². The normalized spacial score (nSPS) is 26.4. The number of aromatic nitrogens is 3. The minimum atomic E-state index is -0.0813. The Bertz CT molecular complexity index is 1270. The summed E-state index contributed by atoms with van der Waals surface area (Å²) in [6.07, 6.45) is 10.5. The first-order chi connectivity index (χ1) is 17.0. The first kappa shape index (κ1) is 22.3. The quantitative estimate of drug-likeness (QED) is 0.508. The Labute approximate surface area is 206 Å². The van der Waals surface area contributed by atoms with Crippen LogP contribution in [0.15, 0.2) is 36.7 Å². The molecule has 1 amide bonds. The number of fused-ring (bicyclic) bond motifs is 7. The summed E-state index contributed by atoms with van der Waals surface area (Å²) in [6, 6.07) is 8.25. The van der Waals surface area contributed by atoms with E-state index in [9.17, 15) is 9.90 Å². The highest BCUT2D eigenvalue weighted by Crippen LogP contribution is 2.60. The molecular formula is C29H34N4O2. The maximum absolute atomic E-state index is 13.1. The van der Waals surface area contributed by atoms with Crippen molar-refractivity contribution in [3.63, 3.8) is 0 Å². The van der Waals surface area contributed by atoms with Crippen molar-refractivity contribution in [1.82, 2.24) is 20.5 Å². The number of benzene rings is 1. The standard InChI is InChI=1S/C29H34N4O2/c1-3-18-13-22-19(14-25(18)34)6-7-21-20(22)8-10-29(2)24(21)15-23-26(32-33-27(23)29)28(35)31-12-9-17-5-4-11-30-16-17/h4-5,11,13-14,16,20-21,24,34H,3,6-10,12,15H2,1-2H3,(H,31,35)(H,32,33). The number of carbonyl (C=O) groups excluding carboxylic acids is 1. The van der Waals surface area contributed by atoms with Gasteiger partial charge in [-0.2, -0.15) is 5.10 Å². The highest BCUT2D eigenvalue weighted by Gasteiger charge is 2.54. The lowest BCUT2D eigenvalue weighted by molar-refractivity contribution is 0.0940. The average Bonchev–Trinajstić information content (AvgIpc) is 3.42. The SMILES string of the molecule is CCc1cc2c(cc1O)CCC1C2CCC2(C)c3[nH]nc(C(=O)NCCc4cccnc4)c3CC12. The maximum atomic E-state index is 13.1. The predicted octanol–water partition coefficient (Wildman–Crippen LogP) is 4.62. The van der Waals surface area contributed by atoms with Gasteiger partial charge in [-0.15, -0.1) is 0 Å². The number of H-pyrrole nitrogens is 1. The Kier molecular flexibility index (Phi) is 5.42. The average molecular weight is 471 g/mol. The lowest BCUT2D eigenvalue weighted by Crippen LogP contribution is -2.43. The van der Waals surface area contributed by atoms with Crippen LogP contribution in [-0.4, -0.2) is 32.7 Å². The Hall–Kier alpha value is -3.15. The summed E-state index contributed by atoms with van der Waals surface area (Å²) in [4.78, 5) is 17.2. The van der Waals surface area contributed by atoms with Gasteiger partial charge in [0.05, 0.1) is 0 Å². The Morgan fingerprint density at radius 3 is 3.00 bits per heavy atom. The molecule has 0 saturated heterocycles. The molecule has 6 rings (SSSR count). The fourth-order valence-corrected chi connectivity index (χ4v) is 7.34. The second kappa shape index (κ2) is 8.51. The van der Waals surface area contributed by atoms with Crippen LogP contribution in [0.1, 0.15) is 83.0 Å². The van der Waals surface area contributed by atoms with Gasteiger partial charge < -0.3 is 10.4 Å². The third-order valence-electron chi connectivity index (χ3n) is 9.19. The van der Waals surface area contributed by atoms with Gasteiger partial charge in [0.25, 0.3) is 5.91 Å². The van der Waals surface area contributed by atoms with Gasteiger partial charge in [0.1, 0.15) is 5.75 Å². The van der Waals surface area contributed by atoms with Gasteiger partial charge >= 0.3 is 0 Å². The largest absolute Gasteiger partial charge is 0.508 e. The third-order valence-corrected chi connectivity index (χ3v) is 9.19. The van der Waals surface area contributed by atoms with Gasteiger partial charge in [0.15, 0.2) is 5.69 Å². The van der Waals surface area contributed by atoms with E-state index >= 15 is 0 Å². The molecule has 6 nitrogen and oxygen atoms in total. The Balaban J connectivity index is 1.22. The topological polar surface area (TPSA) is 90.9 Å². The van der Waals surface area contributed by atoms with E-state index in [1.807, 2.05) is 24.4 Å². The number of nitrogens with one attached hydrogen (secondary N) is 2. The summed E-state index contributed by atoms with van der Waals surface area (Å²) >= 11 is 0. The zero-order valence-corrected chi connectivity index (χ0v) is 20.6. The van der Waals surface area contributed by atoms with Crippen LogP contribution in [0.25, 0.3) is 0 Å². The van der Waals surface area contributed by atoms with E-state index < -0.39 is 0 Å². The smallest absolute Gasteiger partial charge is 0.272 e. The van der Waals surface area contributed by atoms with Crippen LogP contribution < -0.4 is 5.32 Å². The summed E-state index contributed by atoms with van der Waals surface area (Å²) in [5.74, 6) is 2.02. The first-order valence-electron chi connectivity index (χ1n) is 13.1. The van der Waals surface area contributed by atoms with Gasteiger partial charge in [-0.25, -0.2) is 0 Å². The molecule has 2 aromatic heterocycles. The molecule has 3 aliphatic rings. The van der Waals surface area contributed by atoms with E-state index in [4.69, 9.17) is 0 Å². The van der Waals surface area contributed by atoms with E-state index in [2.05, 4.69) is 40.4 Å². The molecule has 1 saturated carbocycles. The Morgan fingerprint density at radius 2 is 2.20 bits per heavy atom. The zero-order valence-electron chi connectivity index (χ0n) is 20.6. The van der Waals surface area contributed by atoms with Crippen LogP contribution in [0.3, 0.4) is 0 Å². The van der Waals surface area contributed by atoms with Crippen molar-refractivity contribution in [2.75, 3.05) is 6.54 Å². The van der Waals surface area contributed by atoms with E-state index in [1.54, 1.807) is 6.20 Å². The molecule has 182 valence electrons. The number of aryl methyl sites for hydroxylation is 2. The molecule has 0 radical (unpaired) electrons. The van der Waals surface area contributed by atoms with Gasteiger partial charge in [-0.1, -0.05) is 26.0 Å². The number of hydrogen-bond donors (Lipinski definition) is 3. The molecule has 0 bridgehead atoms. The van der Waals surface area contributed by atoms with Gasteiger partial charge in [0, 0.05) is 35.6 Å². The highest BCUT2D eigenvalue weighted by atomic mass is 16.3. The number of pyridine rings is 1. The van der Waals surface area contributed by atoms with E-state index in [0.29, 0.717) is 35.7 Å². The fraction of sp³-hybridized carbons (Fsp3) is 0.483. The van der Waals surface area contributed by atoms with Crippen molar-refractivity contribution in [2.24, 2.45) is 11.8 Å². The minimum absolute atomic E-state index is 0.0414. The second-order valence-electron chi connectivity index (χ2n) is 10.9. The molecule has 0 aliphatic heterocycles. The molecule has 4 unspecified atom stereocenters. The van der Waals surface area contributed by atoms with E-state index in [-0.39, 0.29) is 11.3 Å². The molecule has 2 heterocycles. The summed E-state index contributed by atoms with van der Waals surface area (Å²) < 4.78 is 0. The summed E-state index contributed by atoms with van der Waals surface area (Å²) in [6.45, 7) is 5.06. The molecule has 1 aromatic carbocycles. The van der Waals surface area contributed by atoms with Gasteiger partial charge in [-0.3, -0.25) is 14.9 Å². The lowest BCUT2D eigenvalue weighted by atomic mass is 9.55.